The van der Waals surface area contributed by atoms with Crippen LogP contribution in [0.25, 0.3) is 10.9 Å². The molecular formula is C21H31N5O4. The van der Waals surface area contributed by atoms with Gasteiger partial charge >= 0.3 is 6.09 Å². The zero-order chi connectivity index (χ0) is 22.1. The lowest BCUT2D eigenvalue weighted by molar-refractivity contribution is -0.383. The van der Waals surface area contributed by atoms with E-state index in [-0.39, 0.29) is 28.8 Å². The molecule has 1 aromatic heterocycles. The Balaban J connectivity index is 1.87. The summed E-state index contributed by atoms with van der Waals surface area (Å²) in [4.78, 5) is 25.6. The number of amides is 1. The molecule has 0 aliphatic carbocycles. The molecule has 1 amide bonds. The SMILES string of the molecule is CC(C)n1ncc2cc([N+](=O)[O-])c(N[C@@H]3CCCCN(C(=O)OC(C)(C)C)C3)cc21. The molecule has 9 nitrogen and oxygen atoms in total. The average molecular weight is 418 g/mol. The molecule has 164 valence electrons. The average Bonchev–Trinajstić information content (AvgIpc) is 2.89. The first-order chi connectivity index (χ1) is 14.0. The van der Waals surface area contributed by atoms with Gasteiger partial charge in [0.2, 0.25) is 0 Å². The van der Waals surface area contributed by atoms with Gasteiger partial charge in [0.25, 0.3) is 5.69 Å². The second-order valence-corrected chi connectivity index (χ2v) is 9.13. The van der Waals surface area contributed by atoms with Crippen molar-refractivity contribution in [2.75, 3.05) is 18.4 Å². The van der Waals surface area contributed by atoms with Gasteiger partial charge in [0.05, 0.1) is 16.6 Å². The molecule has 3 rings (SSSR count). The summed E-state index contributed by atoms with van der Waals surface area (Å²) in [5, 5.41) is 20.1. The zero-order valence-electron chi connectivity index (χ0n) is 18.3. The van der Waals surface area contributed by atoms with Gasteiger partial charge in [0.1, 0.15) is 11.3 Å². The van der Waals surface area contributed by atoms with E-state index in [2.05, 4.69) is 10.4 Å². The second-order valence-electron chi connectivity index (χ2n) is 9.13. The first-order valence-electron chi connectivity index (χ1n) is 10.5. The Hall–Kier alpha value is -2.84. The number of benzene rings is 1. The number of anilines is 1. The number of nitrogens with one attached hydrogen (secondary N) is 1. The van der Waals surface area contributed by atoms with Crippen molar-refractivity contribution in [1.82, 2.24) is 14.7 Å². The van der Waals surface area contributed by atoms with E-state index in [0.717, 1.165) is 30.2 Å². The highest BCUT2D eigenvalue weighted by Gasteiger charge is 2.28. The second kappa shape index (κ2) is 8.49. The van der Waals surface area contributed by atoms with E-state index < -0.39 is 5.60 Å². The fraction of sp³-hybridized carbons (Fsp3) is 0.619. The molecule has 1 atom stereocenters. The van der Waals surface area contributed by atoms with Gasteiger partial charge in [-0.3, -0.25) is 14.8 Å². The normalized spacial score (nSPS) is 17.8. The van der Waals surface area contributed by atoms with Gasteiger partial charge in [-0.1, -0.05) is 0 Å². The van der Waals surface area contributed by atoms with Crippen LogP contribution in [0.3, 0.4) is 0 Å². The third kappa shape index (κ3) is 5.01. The van der Waals surface area contributed by atoms with Crippen molar-refractivity contribution in [3.05, 3.63) is 28.4 Å². The van der Waals surface area contributed by atoms with Crippen molar-refractivity contribution in [2.24, 2.45) is 0 Å². The van der Waals surface area contributed by atoms with Crippen molar-refractivity contribution in [1.29, 1.82) is 0 Å². The van der Waals surface area contributed by atoms with E-state index >= 15 is 0 Å². The lowest BCUT2D eigenvalue weighted by Gasteiger charge is -2.29. The summed E-state index contributed by atoms with van der Waals surface area (Å²) < 4.78 is 7.37. The standard InChI is InChI=1S/C21H31N5O4/c1-14(2)25-18-11-17(19(26(28)29)10-15(18)12-22-25)23-16-8-6-7-9-24(13-16)20(27)30-21(3,4)5/h10-12,14,16,23H,6-9,13H2,1-5H3/t16-/m1/s1. The number of ether oxygens (including phenoxy) is 1. The van der Waals surface area contributed by atoms with Gasteiger partial charge in [-0.15, -0.1) is 0 Å². The summed E-state index contributed by atoms with van der Waals surface area (Å²) in [6, 6.07) is 3.39. The van der Waals surface area contributed by atoms with E-state index in [4.69, 9.17) is 4.74 Å². The van der Waals surface area contributed by atoms with Crippen molar-refractivity contribution in [3.8, 4) is 0 Å². The van der Waals surface area contributed by atoms with Gasteiger partial charge in [-0.05, 0) is 59.9 Å². The highest BCUT2D eigenvalue weighted by atomic mass is 16.6. The predicted molar refractivity (Wildman–Crippen MR) is 116 cm³/mol. The Kier molecular flexibility index (Phi) is 6.19. The molecule has 1 saturated heterocycles. The van der Waals surface area contributed by atoms with Gasteiger partial charge < -0.3 is 15.0 Å². The number of nitro benzene ring substituents is 1. The van der Waals surface area contributed by atoms with Crippen LogP contribution >= 0.6 is 0 Å². The Morgan fingerprint density at radius 1 is 1.33 bits per heavy atom. The maximum Gasteiger partial charge on any atom is 0.410 e. The van der Waals surface area contributed by atoms with E-state index in [1.165, 1.54) is 0 Å². The third-order valence-corrected chi connectivity index (χ3v) is 5.08. The summed E-state index contributed by atoms with van der Waals surface area (Å²) in [6.45, 7) is 10.6. The zero-order valence-corrected chi connectivity index (χ0v) is 18.3. The summed E-state index contributed by atoms with van der Waals surface area (Å²) in [6.07, 6.45) is 3.93. The lowest BCUT2D eigenvalue weighted by Crippen LogP contribution is -2.42. The number of nitrogens with zero attached hydrogens (tertiary/aromatic N) is 4. The van der Waals surface area contributed by atoms with E-state index in [9.17, 15) is 14.9 Å². The van der Waals surface area contributed by atoms with E-state index in [1.807, 2.05) is 39.3 Å². The largest absolute Gasteiger partial charge is 0.444 e. The molecule has 0 radical (unpaired) electrons. The van der Waals surface area contributed by atoms with Crippen molar-refractivity contribution < 1.29 is 14.5 Å². The molecule has 0 bridgehead atoms. The van der Waals surface area contributed by atoms with Crippen molar-refractivity contribution in [2.45, 2.75) is 71.6 Å². The van der Waals surface area contributed by atoms with Crippen LogP contribution in [0.1, 0.15) is 59.9 Å². The number of carbonyl (C=O) groups is 1. The quantitative estimate of drug-likeness (QED) is 0.570. The van der Waals surface area contributed by atoms with Crippen LogP contribution in [0.4, 0.5) is 16.2 Å². The summed E-state index contributed by atoms with van der Waals surface area (Å²) >= 11 is 0. The van der Waals surface area contributed by atoms with Crippen LogP contribution < -0.4 is 5.32 Å². The Bertz CT molecular complexity index is 931. The molecule has 0 unspecified atom stereocenters. The number of hydrogen-bond acceptors (Lipinski definition) is 6. The summed E-state index contributed by atoms with van der Waals surface area (Å²) in [5.74, 6) is 0. The minimum Gasteiger partial charge on any atom is -0.444 e. The number of fused-ring (bicyclic) bond motifs is 1. The Morgan fingerprint density at radius 3 is 2.70 bits per heavy atom. The molecule has 1 aliphatic rings. The Morgan fingerprint density at radius 2 is 2.07 bits per heavy atom. The van der Waals surface area contributed by atoms with Crippen LogP contribution in [0.5, 0.6) is 0 Å². The minimum absolute atomic E-state index is 0.0128. The van der Waals surface area contributed by atoms with Crippen molar-refractivity contribution >= 4 is 28.4 Å². The van der Waals surface area contributed by atoms with Crippen molar-refractivity contribution in [3.63, 3.8) is 0 Å². The van der Waals surface area contributed by atoms with Gasteiger partial charge in [-0.25, -0.2) is 4.79 Å². The highest BCUT2D eigenvalue weighted by molar-refractivity contribution is 5.87. The molecule has 30 heavy (non-hydrogen) atoms. The van der Waals surface area contributed by atoms with Gasteiger partial charge in [-0.2, -0.15) is 5.10 Å². The van der Waals surface area contributed by atoms with Gasteiger partial charge in [0.15, 0.2) is 0 Å². The smallest absolute Gasteiger partial charge is 0.410 e. The number of likely N-dealkylation sites (tertiary alicyclic amines) is 1. The maximum absolute atomic E-state index is 12.6. The maximum atomic E-state index is 12.6. The van der Waals surface area contributed by atoms with Crippen LogP contribution in [0, 0.1) is 10.1 Å². The fourth-order valence-electron chi connectivity index (χ4n) is 3.73. The number of nitro groups is 1. The molecular weight excluding hydrogens is 386 g/mol. The Labute approximate surface area is 176 Å². The number of hydrogen-bond donors (Lipinski definition) is 1. The molecule has 0 saturated carbocycles. The van der Waals surface area contributed by atoms with E-state index in [1.54, 1.807) is 23.2 Å². The molecule has 2 aromatic rings. The first kappa shape index (κ1) is 21.9. The number of carbonyl (C=O) groups excluding carboxylic acids is 1. The number of rotatable bonds is 4. The molecule has 1 fully saturated rings. The van der Waals surface area contributed by atoms with Crippen LogP contribution in [0.2, 0.25) is 0 Å². The van der Waals surface area contributed by atoms with Gasteiger partial charge in [0, 0.05) is 36.6 Å². The monoisotopic (exact) mass is 417 g/mol. The molecule has 0 spiro atoms. The summed E-state index contributed by atoms with van der Waals surface area (Å²) in [7, 11) is 0. The fourth-order valence-corrected chi connectivity index (χ4v) is 3.73. The third-order valence-electron chi connectivity index (χ3n) is 5.08. The summed E-state index contributed by atoms with van der Waals surface area (Å²) in [5.41, 5.74) is 0.742. The van der Waals surface area contributed by atoms with Crippen LogP contribution in [-0.4, -0.2) is 50.4 Å². The van der Waals surface area contributed by atoms with Crippen LogP contribution in [0.15, 0.2) is 18.3 Å². The first-order valence-corrected chi connectivity index (χ1v) is 10.5. The molecule has 1 N–H and O–H groups in total. The molecule has 1 aliphatic heterocycles. The predicted octanol–water partition coefficient (Wildman–Crippen LogP) is 4.73. The molecule has 1 aromatic carbocycles. The molecule has 2 heterocycles. The number of aromatic nitrogens is 2. The highest BCUT2D eigenvalue weighted by Crippen LogP contribution is 2.32. The molecule has 9 heteroatoms. The lowest BCUT2D eigenvalue weighted by atomic mass is 10.1. The van der Waals surface area contributed by atoms with Crippen LogP contribution in [-0.2, 0) is 4.74 Å². The topological polar surface area (TPSA) is 103 Å². The van der Waals surface area contributed by atoms with E-state index in [0.29, 0.717) is 18.8 Å². The minimum atomic E-state index is -0.564.